The van der Waals surface area contributed by atoms with Gasteiger partial charge in [-0.05, 0) is 25.8 Å². The summed E-state index contributed by atoms with van der Waals surface area (Å²) in [6.45, 7) is 6.01. The molecule has 6 heteroatoms. The average Bonchev–Trinajstić information content (AvgIpc) is 3.13. The third kappa shape index (κ3) is 3.01. The van der Waals surface area contributed by atoms with Crippen molar-refractivity contribution in [1.82, 2.24) is 19.5 Å². The molecule has 0 aromatic carbocycles. The van der Waals surface area contributed by atoms with Gasteiger partial charge in [0.15, 0.2) is 0 Å². The zero-order valence-electron chi connectivity index (χ0n) is 12.7. The minimum Gasteiger partial charge on any atom is -0.295 e. The summed E-state index contributed by atoms with van der Waals surface area (Å²) in [5, 5.41) is 5.25. The summed E-state index contributed by atoms with van der Waals surface area (Å²) in [7, 11) is 0. The van der Waals surface area contributed by atoms with E-state index in [1.165, 1.54) is 41.5 Å². The fourth-order valence-corrected chi connectivity index (χ4v) is 3.95. The summed E-state index contributed by atoms with van der Waals surface area (Å²) in [5.74, 6) is 0. The van der Waals surface area contributed by atoms with Crippen LogP contribution in [0.15, 0.2) is 10.9 Å². The second-order valence-electron chi connectivity index (χ2n) is 5.63. The van der Waals surface area contributed by atoms with Gasteiger partial charge < -0.3 is 0 Å². The Kier molecular flexibility index (Phi) is 4.35. The summed E-state index contributed by atoms with van der Waals surface area (Å²) in [5.41, 5.74) is 0.813. The third-order valence-electron chi connectivity index (χ3n) is 4.25. The van der Waals surface area contributed by atoms with E-state index in [9.17, 15) is 4.79 Å². The Morgan fingerprint density at radius 3 is 2.81 bits per heavy atom. The minimum atomic E-state index is -0.0616. The third-order valence-corrected chi connectivity index (χ3v) is 5.31. The van der Waals surface area contributed by atoms with Gasteiger partial charge in [-0.3, -0.25) is 9.69 Å². The number of aryl methyl sites for hydroxylation is 1. The lowest BCUT2D eigenvalue weighted by molar-refractivity contribution is 0.198. The van der Waals surface area contributed by atoms with E-state index in [1.54, 1.807) is 6.07 Å². The van der Waals surface area contributed by atoms with Crippen molar-refractivity contribution in [2.75, 3.05) is 6.54 Å². The lowest BCUT2D eigenvalue weighted by Crippen LogP contribution is -2.33. The van der Waals surface area contributed by atoms with E-state index >= 15 is 0 Å². The topological polar surface area (TPSA) is 50.5 Å². The normalized spacial score (nSPS) is 16.3. The summed E-state index contributed by atoms with van der Waals surface area (Å²) >= 11 is 1.51. The number of rotatable bonds is 5. The van der Waals surface area contributed by atoms with E-state index in [0.29, 0.717) is 6.04 Å². The lowest BCUT2D eigenvalue weighted by Gasteiger charge is -2.26. The van der Waals surface area contributed by atoms with Crippen LogP contribution in [0, 0.1) is 0 Å². The second kappa shape index (κ2) is 6.23. The first-order chi connectivity index (χ1) is 10.2. The molecule has 0 atom stereocenters. The number of aromatic nitrogens is 3. The highest BCUT2D eigenvalue weighted by molar-refractivity contribution is 7.16. The van der Waals surface area contributed by atoms with Crippen molar-refractivity contribution >= 4 is 16.3 Å². The summed E-state index contributed by atoms with van der Waals surface area (Å²) in [4.78, 5) is 20.0. The molecule has 0 bridgehead atoms. The van der Waals surface area contributed by atoms with Crippen LogP contribution in [0.2, 0.25) is 0 Å². The van der Waals surface area contributed by atoms with Crippen LogP contribution in [0.25, 0.3) is 4.96 Å². The van der Waals surface area contributed by atoms with Gasteiger partial charge in [-0.25, -0.2) is 4.98 Å². The number of nitrogens with zero attached hydrogens (tertiary/aromatic N) is 4. The van der Waals surface area contributed by atoms with Gasteiger partial charge in [0.2, 0.25) is 4.96 Å². The molecule has 1 fully saturated rings. The van der Waals surface area contributed by atoms with Gasteiger partial charge in [-0.15, -0.1) is 0 Å². The molecule has 3 rings (SSSR count). The molecular weight excluding hydrogens is 284 g/mol. The number of fused-ring (bicyclic) bond motifs is 1. The fraction of sp³-hybridized carbons (Fsp3) is 0.667. The van der Waals surface area contributed by atoms with Gasteiger partial charge in [-0.1, -0.05) is 38.0 Å². The van der Waals surface area contributed by atoms with Crippen LogP contribution in [0.4, 0.5) is 0 Å². The van der Waals surface area contributed by atoms with Gasteiger partial charge in [0.05, 0.1) is 5.69 Å². The Morgan fingerprint density at radius 1 is 1.38 bits per heavy atom. The summed E-state index contributed by atoms with van der Waals surface area (Å²) < 4.78 is 1.43. The lowest BCUT2D eigenvalue weighted by atomic mass is 10.2. The first-order valence-electron chi connectivity index (χ1n) is 7.84. The smallest absolute Gasteiger partial charge is 0.275 e. The molecule has 0 N–H and O–H groups in total. The van der Waals surface area contributed by atoms with Gasteiger partial charge in [0, 0.05) is 18.7 Å². The SMILES string of the molecule is CCc1nn2c(=O)cc(CN(CC)C3CCCC3)nc2s1. The van der Waals surface area contributed by atoms with Crippen LogP contribution in [0.3, 0.4) is 0 Å². The Balaban J connectivity index is 1.87. The Labute approximate surface area is 128 Å². The monoisotopic (exact) mass is 306 g/mol. The molecule has 1 aliphatic carbocycles. The fourth-order valence-electron chi connectivity index (χ4n) is 3.10. The average molecular weight is 306 g/mol. The first-order valence-corrected chi connectivity index (χ1v) is 8.65. The van der Waals surface area contributed by atoms with Crippen LogP contribution in [0.5, 0.6) is 0 Å². The van der Waals surface area contributed by atoms with E-state index in [2.05, 4.69) is 21.9 Å². The first kappa shape index (κ1) is 14.7. The maximum absolute atomic E-state index is 12.2. The molecule has 5 nitrogen and oxygen atoms in total. The van der Waals surface area contributed by atoms with Gasteiger partial charge in [-0.2, -0.15) is 9.61 Å². The van der Waals surface area contributed by atoms with E-state index in [4.69, 9.17) is 0 Å². The van der Waals surface area contributed by atoms with Crippen molar-refractivity contribution in [3.05, 3.63) is 27.1 Å². The molecule has 1 saturated carbocycles. The van der Waals surface area contributed by atoms with E-state index < -0.39 is 0 Å². The van der Waals surface area contributed by atoms with Gasteiger partial charge in [0.1, 0.15) is 5.01 Å². The highest BCUT2D eigenvalue weighted by Crippen LogP contribution is 2.24. The van der Waals surface area contributed by atoms with Crippen LogP contribution < -0.4 is 5.56 Å². The number of hydrogen-bond donors (Lipinski definition) is 0. The molecule has 0 saturated heterocycles. The molecule has 21 heavy (non-hydrogen) atoms. The molecule has 114 valence electrons. The van der Waals surface area contributed by atoms with E-state index in [1.807, 2.05) is 6.92 Å². The van der Waals surface area contributed by atoms with Crippen molar-refractivity contribution < 1.29 is 0 Å². The van der Waals surface area contributed by atoms with Crippen molar-refractivity contribution in [2.24, 2.45) is 0 Å². The molecule has 0 aliphatic heterocycles. The van der Waals surface area contributed by atoms with Gasteiger partial charge >= 0.3 is 0 Å². The zero-order valence-corrected chi connectivity index (χ0v) is 13.5. The molecule has 1 aliphatic rings. The summed E-state index contributed by atoms with van der Waals surface area (Å²) in [6, 6.07) is 2.30. The summed E-state index contributed by atoms with van der Waals surface area (Å²) in [6.07, 6.45) is 6.03. The molecule has 2 aromatic rings. The molecule has 2 heterocycles. The largest absolute Gasteiger partial charge is 0.295 e. The predicted molar refractivity (Wildman–Crippen MR) is 84.9 cm³/mol. The van der Waals surface area contributed by atoms with Crippen LogP contribution >= 0.6 is 11.3 Å². The maximum atomic E-state index is 12.2. The van der Waals surface area contributed by atoms with Crippen LogP contribution in [-0.4, -0.2) is 32.1 Å². The van der Waals surface area contributed by atoms with Gasteiger partial charge in [0.25, 0.3) is 5.56 Å². The van der Waals surface area contributed by atoms with Crippen LogP contribution in [-0.2, 0) is 13.0 Å². The molecule has 0 radical (unpaired) electrons. The molecule has 0 unspecified atom stereocenters. The Morgan fingerprint density at radius 2 is 2.14 bits per heavy atom. The maximum Gasteiger partial charge on any atom is 0.275 e. The van der Waals surface area contributed by atoms with E-state index in [-0.39, 0.29) is 5.56 Å². The Hall–Kier alpha value is -1.27. The van der Waals surface area contributed by atoms with Crippen molar-refractivity contribution in [1.29, 1.82) is 0 Å². The highest BCUT2D eigenvalue weighted by Gasteiger charge is 2.22. The Bertz CT molecular complexity index is 672. The molecule has 0 spiro atoms. The minimum absolute atomic E-state index is 0.0616. The quantitative estimate of drug-likeness (QED) is 0.851. The molecular formula is C15H22N4OS. The predicted octanol–water partition coefficient (Wildman–Crippen LogP) is 2.48. The highest BCUT2D eigenvalue weighted by atomic mass is 32.1. The van der Waals surface area contributed by atoms with E-state index in [0.717, 1.165) is 35.2 Å². The standard InChI is InChI=1S/C15H22N4OS/c1-3-13-17-19-14(20)9-11(16-15(19)21-13)10-18(4-2)12-7-5-6-8-12/h9,12H,3-8,10H2,1-2H3. The zero-order chi connectivity index (χ0) is 14.8. The molecule has 2 aromatic heterocycles. The van der Waals surface area contributed by atoms with Crippen molar-refractivity contribution in [3.63, 3.8) is 0 Å². The van der Waals surface area contributed by atoms with Crippen molar-refractivity contribution in [3.8, 4) is 0 Å². The molecule has 0 amide bonds. The number of hydrogen-bond acceptors (Lipinski definition) is 5. The van der Waals surface area contributed by atoms with Crippen LogP contribution in [0.1, 0.15) is 50.2 Å². The second-order valence-corrected chi connectivity index (χ2v) is 6.67. The van der Waals surface area contributed by atoms with Crippen molar-refractivity contribution in [2.45, 2.75) is 58.5 Å².